The van der Waals surface area contributed by atoms with Crippen LogP contribution in [0.25, 0.3) is 0 Å². The molecule has 1 heterocycles. The molecule has 16 heavy (non-hydrogen) atoms. The fraction of sp³-hybridized carbons (Fsp3) is 0.455. The minimum atomic E-state index is 0.0129. The third-order valence-corrected chi connectivity index (χ3v) is 2.74. The molecule has 0 amide bonds. The van der Waals surface area contributed by atoms with Crippen LogP contribution in [0, 0.1) is 11.3 Å². The van der Waals surface area contributed by atoms with E-state index in [9.17, 15) is 0 Å². The van der Waals surface area contributed by atoms with Crippen LogP contribution < -0.4 is 10.5 Å². The number of ether oxygens (including phenoxy) is 2. The molecule has 84 valence electrons. The summed E-state index contributed by atoms with van der Waals surface area (Å²) < 4.78 is 10.9. The topological polar surface area (TPSA) is 81.2 Å². The van der Waals surface area contributed by atoms with Gasteiger partial charge in [-0.25, -0.2) is 4.98 Å². The normalized spacial score (nSPS) is 23.2. The standard InChI is InChI=1S/C11H13N3O2/c1-15-8-2-3-9(8)16-10-4-11(13)14-6-7(10)5-12/h4,6,8-9H,2-3H2,1H3,(H2,13,14)/t8-,9+/m0/s1. The van der Waals surface area contributed by atoms with Gasteiger partial charge in [0.25, 0.3) is 0 Å². The maximum absolute atomic E-state index is 8.89. The highest BCUT2D eigenvalue weighted by atomic mass is 16.5. The molecule has 0 saturated heterocycles. The van der Waals surface area contributed by atoms with Crippen LogP contribution >= 0.6 is 0 Å². The van der Waals surface area contributed by atoms with Crippen molar-refractivity contribution in [1.82, 2.24) is 4.98 Å². The molecule has 1 aromatic heterocycles. The van der Waals surface area contributed by atoms with Gasteiger partial charge in [-0.05, 0) is 12.8 Å². The molecule has 1 saturated carbocycles. The third kappa shape index (κ3) is 1.92. The minimum Gasteiger partial charge on any atom is -0.486 e. The van der Waals surface area contributed by atoms with Crippen LogP contribution in [0.2, 0.25) is 0 Å². The second kappa shape index (κ2) is 4.37. The Labute approximate surface area is 93.8 Å². The Bertz CT molecular complexity index is 426. The predicted molar refractivity (Wildman–Crippen MR) is 57.8 cm³/mol. The molecule has 5 heteroatoms. The lowest BCUT2D eigenvalue weighted by Gasteiger charge is -2.35. The highest BCUT2D eigenvalue weighted by Gasteiger charge is 2.33. The summed E-state index contributed by atoms with van der Waals surface area (Å²) in [6.07, 6.45) is 3.47. The monoisotopic (exact) mass is 219 g/mol. The van der Waals surface area contributed by atoms with E-state index in [-0.39, 0.29) is 12.2 Å². The van der Waals surface area contributed by atoms with Crippen molar-refractivity contribution < 1.29 is 9.47 Å². The number of pyridine rings is 1. The van der Waals surface area contributed by atoms with Crippen LogP contribution in [0.1, 0.15) is 18.4 Å². The fourth-order valence-electron chi connectivity index (χ4n) is 1.64. The van der Waals surface area contributed by atoms with Gasteiger partial charge in [0.1, 0.15) is 29.3 Å². The lowest BCUT2D eigenvalue weighted by Crippen LogP contribution is -2.42. The molecular weight excluding hydrogens is 206 g/mol. The molecule has 5 nitrogen and oxygen atoms in total. The van der Waals surface area contributed by atoms with Gasteiger partial charge in [0, 0.05) is 13.2 Å². The number of nitrogens with two attached hydrogens (primary N) is 1. The van der Waals surface area contributed by atoms with Crippen LogP contribution in [0.15, 0.2) is 12.3 Å². The zero-order chi connectivity index (χ0) is 11.5. The van der Waals surface area contributed by atoms with E-state index >= 15 is 0 Å². The van der Waals surface area contributed by atoms with Crippen molar-refractivity contribution in [3.05, 3.63) is 17.8 Å². The molecule has 0 spiro atoms. The molecule has 0 radical (unpaired) electrons. The summed E-state index contributed by atoms with van der Waals surface area (Å²) in [5.41, 5.74) is 5.95. The molecule has 0 bridgehead atoms. The van der Waals surface area contributed by atoms with Gasteiger partial charge in [-0.2, -0.15) is 5.26 Å². The van der Waals surface area contributed by atoms with Gasteiger partial charge in [0.05, 0.1) is 12.3 Å². The SMILES string of the molecule is CO[C@H]1CC[C@H]1Oc1cc(N)ncc1C#N. The van der Waals surface area contributed by atoms with Crippen molar-refractivity contribution >= 4 is 5.82 Å². The predicted octanol–water partition coefficient (Wildman–Crippen LogP) is 1.09. The van der Waals surface area contributed by atoms with E-state index in [0.29, 0.717) is 17.1 Å². The van der Waals surface area contributed by atoms with Crippen molar-refractivity contribution in [1.29, 1.82) is 5.26 Å². The summed E-state index contributed by atoms with van der Waals surface area (Å²) in [6.45, 7) is 0. The molecule has 2 atom stereocenters. The van der Waals surface area contributed by atoms with E-state index in [2.05, 4.69) is 4.98 Å². The minimum absolute atomic E-state index is 0.0129. The smallest absolute Gasteiger partial charge is 0.142 e. The van der Waals surface area contributed by atoms with Gasteiger partial charge in [-0.1, -0.05) is 0 Å². The fourth-order valence-corrected chi connectivity index (χ4v) is 1.64. The number of hydrogen-bond donors (Lipinski definition) is 1. The second-order valence-electron chi connectivity index (χ2n) is 3.72. The maximum Gasteiger partial charge on any atom is 0.142 e. The molecule has 1 aliphatic carbocycles. The Morgan fingerprint density at radius 3 is 2.81 bits per heavy atom. The Morgan fingerprint density at radius 2 is 2.25 bits per heavy atom. The number of aromatic nitrogens is 1. The average molecular weight is 219 g/mol. The van der Waals surface area contributed by atoms with E-state index < -0.39 is 0 Å². The summed E-state index contributed by atoms with van der Waals surface area (Å²) in [4.78, 5) is 3.84. The summed E-state index contributed by atoms with van der Waals surface area (Å²) in [6, 6.07) is 3.60. The first kappa shape index (κ1) is 10.7. The first-order valence-electron chi connectivity index (χ1n) is 5.09. The van der Waals surface area contributed by atoms with E-state index in [1.54, 1.807) is 13.2 Å². The molecule has 1 aromatic rings. The van der Waals surface area contributed by atoms with Crippen molar-refractivity contribution in [2.24, 2.45) is 0 Å². The van der Waals surface area contributed by atoms with Gasteiger partial charge in [-0.3, -0.25) is 0 Å². The zero-order valence-corrected chi connectivity index (χ0v) is 9.01. The van der Waals surface area contributed by atoms with Gasteiger partial charge < -0.3 is 15.2 Å². The number of nitrogen functional groups attached to an aromatic ring is 1. The third-order valence-electron chi connectivity index (χ3n) is 2.74. The van der Waals surface area contributed by atoms with E-state index in [4.69, 9.17) is 20.5 Å². The van der Waals surface area contributed by atoms with Crippen LogP contribution in [0.4, 0.5) is 5.82 Å². The van der Waals surface area contributed by atoms with Crippen LogP contribution in [-0.4, -0.2) is 24.3 Å². The number of hydrogen-bond acceptors (Lipinski definition) is 5. The molecule has 0 aliphatic heterocycles. The number of rotatable bonds is 3. The second-order valence-corrected chi connectivity index (χ2v) is 3.72. The van der Waals surface area contributed by atoms with Gasteiger partial charge >= 0.3 is 0 Å². The van der Waals surface area contributed by atoms with Gasteiger partial charge in [0.2, 0.25) is 0 Å². The Hall–Kier alpha value is -1.80. The molecule has 2 N–H and O–H groups in total. The number of nitrogens with zero attached hydrogens (tertiary/aromatic N) is 2. The van der Waals surface area contributed by atoms with Crippen LogP contribution in [0.5, 0.6) is 5.75 Å². The number of anilines is 1. The highest BCUT2D eigenvalue weighted by Crippen LogP contribution is 2.30. The first-order chi connectivity index (χ1) is 7.74. The lowest BCUT2D eigenvalue weighted by molar-refractivity contribution is -0.0626. The quantitative estimate of drug-likeness (QED) is 0.823. The highest BCUT2D eigenvalue weighted by molar-refractivity contribution is 5.47. The maximum atomic E-state index is 8.89. The zero-order valence-electron chi connectivity index (χ0n) is 9.01. The van der Waals surface area contributed by atoms with Crippen molar-refractivity contribution in [3.8, 4) is 11.8 Å². The van der Waals surface area contributed by atoms with E-state index in [1.807, 2.05) is 6.07 Å². The summed E-state index contributed by atoms with van der Waals surface area (Å²) in [7, 11) is 1.66. The van der Waals surface area contributed by atoms with Crippen molar-refractivity contribution in [2.45, 2.75) is 25.0 Å². The van der Waals surface area contributed by atoms with Gasteiger partial charge in [-0.15, -0.1) is 0 Å². The summed E-state index contributed by atoms with van der Waals surface area (Å²) in [5.74, 6) is 0.837. The lowest BCUT2D eigenvalue weighted by atomic mass is 9.92. The molecule has 2 rings (SSSR count). The molecule has 1 aliphatic rings. The van der Waals surface area contributed by atoms with E-state index in [0.717, 1.165) is 12.8 Å². The summed E-state index contributed by atoms with van der Waals surface area (Å²) >= 11 is 0. The van der Waals surface area contributed by atoms with E-state index in [1.165, 1.54) is 6.20 Å². The Balaban J connectivity index is 2.14. The largest absolute Gasteiger partial charge is 0.486 e. The summed E-state index contributed by atoms with van der Waals surface area (Å²) in [5, 5.41) is 8.89. The Kier molecular flexibility index (Phi) is 2.93. The molecule has 0 unspecified atom stereocenters. The number of methoxy groups -OCH3 is 1. The first-order valence-corrected chi connectivity index (χ1v) is 5.09. The van der Waals surface area contributed by atoms with Crippen LogP contribution in [-0.2, 0) is 4.74 Å². The Morgan fingerprint density at radius 1 is 1.50 bits per heavy atom. The molecule has 0 aromatic carbocycles. The molecular formula is C11H13N3O2. The average Bonchev–Trinajstić information content (AvgIpc) is 2.25. The van der Waals surface area contributed by atoms with Crippen molar-refractivity contribution in [3.63, 3.8) is 0 Å². The van der Waals surface area contributed by atoms with Crippen LogP contribution in [0.3, 0.4) is 0 Å². The molecule has 1 fully saturated rings. The van der Waals surface area contributed by atoms with Crippen molar-refractivity contribution in [2.75, 3.05) is 12.8 Å². The number of nitriles is 1. The van der Waals surface area contributed by atoms with Gasteiger partial charge in [0.15, 0.2) is 0 Å².